The number of nitrogens with zero attached hydrogens (tertiary/aromatic N) is 1. The van der Waals surface area contributed by atoms with Crippen LogP contribution in [0.5, 0.6) is 5.75 Å². The van der Waals surface area contributed by atoms with E-state index in [4.69, 9.17) is 4.74 Å². The summed E-state index contributed by atoms with van der Waals surface area (Å²) < 4.78 is 5.68. The Kier molecular flexibility index (Phi) is 4.84. The Morgan fingerprint density at radius 2 is 2.00 bits per heavy atom. The fourth-order valence-corrected chi connectivity index (χ4v) is 3.52. The van der Waals surface area contributed by atoms with Crippen LogP contribution < -0.4 is 4.74 Å². The number of benzene rings is 1. The van der Waals surface area contributed by atoms with Crippen molar-refractivity contribution < 1.29 is 9.84 Å². The molecule has 3 nitrogen and oxygen atoms in total. The lowest BCUT2D eigenvalue weighted by Crippen LogP contribution is -2.58. The van der Waals surface area contributed by atoms with Gasteiger partial charge < -0.3 is 14.7 Å². The number of fused-ring (bicyclic) bond motifs is 3. The zero-order valence-electron chi connectivity index (χ0n) is 13.5. The molecule has 0 aromatic heterocycles. The summed E-state index contributed by atoms with van der Waals surface area (Å²) >= 11 is 0. The predicted molar refractivity (Wildman–Crippen MR) is 90.0 cm³/mol. The van der Waals surface area contributed by atoms with Gasteiger partial charge in [-0.2, -0.15) is 0 Å². The van der Waals surface area contributed by atoms with Crippen molar-refractivity contribution in [3.8, 4) is 5.75 Å². The fourth-order valence-electron chi connectivity index (χ4n) is 3.52. The van der Waals surface area contributed by atoms with Gasteiger partial charge >= 0.3 is 0 Å². The predicted octanol–water partition coefficient (Wildman–Crippen LogP) is 3.34. The van der Waals surface area contributed by atoms with Gasteiger partial charge in [-0.25, -0.2) is 0 Å². The van der Waals surface area contributed by atoms with Crippen LogP contribution in [-0.4, -0.2) is 41.8 Å². The first-order valence-electron chi connectivity index (χ1n) is 8.56. The summed E-state index contributed by atoms with van der Waals surface area (Å²) in [5.74, 6) is 1.34. The van der Waals surface area contributed by atoms with Gasteiger partial charge in [0.1, 0.15) is 5.75 Å². The quantitative estimate of drug-likeness (QED) is 0.818. The van der Waals surface area contributed by atoms with Gasteiger partial charge in [0.25, 0.3) is 0 Å². The van der Waals surface area contributed by atoms with E-state index >= 15 is 0 Å². The van der Waals surface area contributed by atoms with Gasteiger partial charge in [0.05, 0.1) is 12.2 Å². The monoisotopic (exact) mass is 301 g/mol. The minimum absolute atomic E-state index is 0.422. The third-order valence-electron chi connectivity index (χ3n) is 4.98. The maximum atomic E-state index is 10.9. The topological polar surface area (TPSA) is 32.7 Å². The van der Waals surface area contributed by atoms with Crippen molar-refractivity contribution in [2.24, 2.45) is 5.92 Å². The second kappa shape index (κ2) is 6.84. The van der Waals surface area contributed by atoms with Crippen LogP contribution in [0, 0.1) is 5.92 Å². The lowest BCUT2D eigenvalue weighted by Gasteiger charge is -2.49. The number of aliphatic hydroxyl groups is 1. The Hall–Kier alpha value is -1.32. The lowest BCUT2D eigenvalue weighted by molar-refractivity contribution is -0.0775. The lowest BCUT2D eigenvalue weighted by atomic mass is 9.75. The minimum atomic E-state index is -0.646. The molecule has 120 valence electrons. The molecule has 3 saturated heterocycles. The average Bonchev–Trinajstić information content (AvgIpc) is 2.55. The van der Waals surface area contributed by atoms with Crippen molar-refractivity contribution in [1.29, 1.82) is 0 Å². The molecule has 0 aliphatic carbocycles. The number of ether oxygens (including phenoxy) is 1. The molecule has 4 rings (SSSR count). The fraction of sp³-hybridized carbons (Fsp3) is 0.579. The molecule has 1 atom stereocenters. The summed E-state index contributed by atoms with van der Waals surface area (Å²) in [5, 5.41) is 10.9. The highest BCUT2D eigenvalue weighted by molar-refractivity contribution is 5.52. The summed E-state index contributed by atoms with van der Waals surface area (Å²) in [5.41, 5.74) is 0.472. The molecular formula is C19H27NO2. The van der Waals surface area contributed by atoms with E-state index in [9.17, 15) is 5.11 Å². The summed E-state index contributed by atoms with van der Waals surface area (Å²) in [4.78, 5) is 2.37. The van der Waals surface area contributed by atoms with Crippen molar-refractivity contribution in [3.05, 3.63) is 35.9 Å². The Balaban J connectivity index is 1.60. The molecule has 0 amide bonds. The summed E-state index contributed by atoms with van der Waals surface area (Å²) in [7, 11) is 0. The Bertz CT molecular complexity index is 503. The van der Waals surface area contributed by atoms with Crippen molar-refractivity contribution in [2.45, 2.75) is 38.2 Å². The highest BCUT2D eigenvalue weighted by Crippen LogP contribution is 2.36. The van der Waals surface area contributed by atoms with E-state index in [-0.39, 0.29) is 0 Å². The molecule has 0 spiro atoms. The molecule has 3 heterocycles. The van der Waals surface area contributed by atoms with Gasteiger partial charge in [0.2, 0.25) is 0 Å². The maximum Gasteiger partial charge on any atom is 0.119 e. The average molecular weight is 301 g/mol. The van der Waals surface area contributed by atoms with E-state index in [0.29, 0.717) is 5.92 Å². The number of unbranched alkanes of at least 4 members (excludes halogenated alkanes) is 1. The summed E-state index contributed by atoms with van der Waals surface area (Å²) in [6, 6.07) is 8.14. The van der Waals surface area contributed by atoms with E-state index in [2.05, 4.69) is 30.0 Å². The number of piperidine rings is 3. The van der Waals surface area contributed by atoms with Crippen LogP contribution in [0.25, 0.3) is 6.08 Å². The first-order valence-corrected chi connectivity index (χ1v) is 8.56. The highest BCUT2D eigenvalue weighted by atomic mass is 16.5. The molecule has 1 aromatic carbocycles. The SMILES string of the molecule is CCCCOc1ccc(/C=C/C2(O)CN3CCC2CC3)cc1. The maximum absolute atomic E-state index is 10.9. The van der Waals surface area contributed by atoms with Crippen LogP contribution >= 0.6 is 0 Å². The van der Waals surface area contributed by atoms with Gasteiger partial charge in [-0.3, -0.25) is 0 Å². The van der Waals surface area contributed by atoms with Crippen LogP contribution in [0.1, 0.15) is 38.2 Å². The van der Waals surface area contributed by atoms with E-state index in [1.54, 1.807) is 0 Å². The van der Waals surface area contributed by atoms with E-state index in [1.807, 2.05) is 18.2 Å². The van der Waals surface area contributed by atoms with Crippen LogP contribution in [0.4, 0.5) is 0 Å². The zero-order valence-corrected chi connectivity index (χ0v) is 13.5. The molecule has 1 N–H and O–H groups in total. The molecule has 3 aliphatic heterocycles. The molecular weight excluding hydrogens is 274 g/mol. The Morgan fingerprint density at radius 1 is 1.27 bits per heavy atom. The molecule has 3 heteroatoms. The number of rotatable bonds is 6. The second-order valence-electron chi connectivity index (χ2n) is 6.65. The standard InChI is InChI=1S/C19H27NO2/c1-2-3-14-22-18-6-4-16(5-7-18)8-11-19(21)15-20-12-9-17(19)10-13-20/h4-8,11,17,21H,2-3,9-10,12-15H2,1H3/b11-8+. The second-order valence-corrected chi connectivity index (χ2v) is 6.65. The minimum Gasteiger partial charge on any atom is -0.494 e. The molecule has 3 fully saturated rings. The van der Waals surface area contributed by atoms with Gasteiger partial charge in [-0.05, 0) is 56.0 Å². The van der Waals surface area contributed by atoms with Crippen LogP contribution in [0.2, 0.25) is 0 Å². The van der Waals surface area contributed by atoms with Gasteiger partial charge in [0.15, 0.2) is 0 Å². The van der Waals surface area contributed by atoms with Crippen LogP contribution in [0.15, 0.2) is 30.3 Å². The van der Waals surface area contributed by atoms with Crippen molar-refractivity contribution in [2.75, 3.05) is 26.2 Å². The smallest absolute Gasteiger partial charge is 0.119 e. The molecule has 1 unspecified atom stereocenters. The normalized spacial score (nSPS) is 30.8. The largest absolute Gasteiger partial charge is 0.494 e. The zero-order chi connectivity index (χ0) is 15.4. The van der Waals surface area contributed by atoms with Crippen LogP contribution in [-0.2, 0) is 0 Å². The number of hydrogen-bond donors (Lipinski definition) is 1. The van der Waals surface area contributed by atoms with Gasteiger partial charge in [-0.15, -0.1) is 0 Å². The highest BCUT2D eigenvalue weighted by Gasteiger charge is 2.43. The Morgan fingerprint density at radius 3 is 2.59 bits per heavy atom. The van der Waals surface area contributed by atoms with Crippen molar-refractivity contribution in [1.82, 2.24) is 4.90 Å². The van der Waals surface area contributed by atoms with Gasteiger partial charge in [-0.1, -0.05) is 37.6 Å². The molecule has 22 heavy (non-hydrogen) atoms. The first kappa shape index (κ1) is 15.6. The van der Waals surface area contributed by atoms with E-state index < -0.39 is 5.60 Å². The summed E-state index contributed by atoms with van der Waals surface area (Å²) in [6.45, 7) is 6.01. The molecule has 0 radical (unpaired) electrons. The van der Waals surface area contributed by atoms with Crippen molar-refractivity contribution in [3.63, 3.8) is 0 Å². The van der Waals surface area contributed by atoms with E-state index in [1.165, 1.54) is 0 Å². The van der Waals surface area contributed by atoms with Crippen LogP contribution in [0.3, 0.4) is 0 Å². The van der Waals surface area contributed by atoms with Gasteiger partial charge in [0, 0.05) is 6.54 Å². The van der Waals surface area contributed by atoms with Crippen molar-refractivity contribution >= 4 is 6.08 Å². The molecule has 2 bridgehead atoms. The third kappa shape index (κ3) is 3.53. The Labute approximate surface area is 133 Å². The summed E-state index contributed by atoms with van der Waals surface area (Å²) in [6.07, 6.45) is 8.54. The molecule has 1 aromatic rings. The molecule has 0 saturated carbocycles. The van der Waals surface area contributed by atoms with E-state index in [0.717, 1.165) is 63.2 Å². The first-order chi connectivity index (χ1) is 10.7. The third-order valence-corrected chi connectivity index (χ3v) is 4.98. The number of hydrogen-bond acceptors (Lipinski definition) is 3. The molecule has 3 aliphatic rings.